The van der Waals surface area contributed by atoms with Crippen LogP contribution in [0.4, 0.5) is 0 Å². The Morgan fingerprint density at radius 2 is 0.813 bits per heavy atom. The van der Waals surface area contributed by atoms with Gasteiger partial charge in [-0.3, -0.25) is 0 Å². The van der Waals surface area contributed by atoms with Crippen LogP contribution in [0, 0.1) is 59.1 Å². The molecular weight excluding hydrogens is 1620 g/mol. The van der Waals surface area contributed by atoms with Gasteiger partial charge in [0.05, 0.1) is 16.7 Å². The molecule has 134 heavy (non-hydrogen) atoms. The highest BCUT2D eigenvalue weighted by molar-refractivity contribution is 6.04. The fourth-order valence-corrected chi connectivity index (χ4v) is 22.4. The fraction of sp³-hybridized carbons (Fsp3) is 0.308. The Bertz CT molecular complexity index is 8250. The monoisotopic (exact) mass is 1770 g/mol. The van der Waals surface area contributed by atoms with Crippen molar-refractivity contribution in [1.82, 2.24) is 0 Å². The number of hydrogen-bond donors (Lipinski definition) is 0. The second-order valence-electron chi connectivity index (χ2n) is 42.9. The summed E-state index contributed by atoms with van der Waals surface area (Å²) in [6.07, 6.45) is 7.54. The first-order chi connectivity index (χ1) is 69.1. The molecule has 17 aromatic rings. The Kier molecular flexibility index (Phi) is 19.7. The van der Waals surface area contributed by atoms with Crippen LogP contribution in [0.3, 0.4) is 0 Å². The second-order valence-corrected chi connectivity index (χ2v) is 42.9. The quantitative estimate of drug-likeness (QED) is 0.135. The van der Waals surface area contributed by atoms with E-state index in [0.717, 1.165) is 93.0 Å². The summed E-state index contributed by atoms with van der Waals surface area (Å²) in [5, 5.41) is 10.0. The van der Waals surface area contributed by atoms with E-state index >= 15 is 0 Å². The molecule has 0 spiro atoms. The van der Waals surface area contributed by atoms with Crippen molar-refractivity contribution < 1.29 is 37.5 Å². The Balaban J connectivity index is 0.000000129. The maximum atomic E-state index is 9.01. The molecule has 676 valence electrons. The van der Waals surface area contributed by atoms with Crippen molar-refractivity contribution in [2.24, 2.45) is 39.0 Å². The number of hydrogen-bond acceptors (Lipinski definition) is 0. The van der Waals surface area contributed by atoms with E-state index in [1.54, 1.807) is 38.5 Å². The molecule has 0 aliphatic heterocycles. The summed E-state index contributed by atoms with van der Waals surface area (Å²) in [6.45, 7) is 35.6. The van der Waals surface area contributed by atoms with Crippen LogP contribution < -0.4 is 18.3 Å². The smallest absolute Gasteiger partial charge is 0.201 e. The summed E-state index contributed by atoms with van der Waals surface area (Å²) < 4.78 is 126. The molecule has 0 amide bonds. The van der Waals surface area contributed by atoms with Crippen LogP contribution in [0.2, 0.25) is 0 Å². The van der Waals surface area contributed by atoms with E-state index in [1.807, 2.05) is 125 Å². The lowest BCUT2D eigenvalue weighted by Gasteiger charge is -2.49. The SMILES string of the molecule is [2H]C([2H])([2H])c1c[n+](C)c(-c2c(C)ccc3c2CCc2cc4ccccc4cc2-3)cc1C([2H])(C)C.[2H]C([2H])([2H])c1c[n+](C)c(-c2c(C)ccc3c2CCc2ccc4ccccc4c2-3)cc1C([2H])([2H])C(C)(C)C.[2H]C([2H])([2H])c1c[n+](C)c(-c2ccc3c(c2C)C(C)(C)C(C)(C)c2ccc4ccccc4c2-3)cc1-c1ccccc1.[2H]C([2H])(c1cc[n+](C)c(-c2c(C)ccc3c2C(C)(C)C(C)(C)c2cc4ccccc4cc2-3)c1)C(C)(C)C. The molecule has 4 aliphatic carbocycles. The third-order valence-corrected chi connectivity index (χ3v) is 30.5. The highest BCUT2D eigenvalue weighted by Gasteiger charge is 2.50. The second kappa shape index (κ2) is 34.8. The van der Waals surface area contributed by atoms with Gasteiger partial charge in [-0.2, -0.15) is 0 Å². The molecule has 0 N–H and O–H groups in total. The molecular formula is C130H140N4+4. The Labute approximate surface area is 820 Å². The average Bonchev–Trinajstić information content (AvgIpc) is 0.696. The average molecular weight is 1770 g/mol. The lowest BCUT2D eigenvalue weighted by molar-refractivity contribution is -0.661. The third-order valence-electron chi connectivity index (χ3n) is 30.5. The van der Waals surface area contributed by atoms with E-state index in [-0.39, 0.29) is 38.4 Å². The Hall–Kier alpha value is -12.5. The maximum Gasteiger partial charge on any atom is 0.213 e. The van der Waals surface area contributed by atoms with Crippen LogP contribution in [0.25, 0.3) is 144 Å². The van der Waals surface area contributed by atoms with Crippen molar-refractivity contribution in [3.63, 3.8) is 0 Å². The number of fused-ring (bicyclic) bond motifs is 18. The van der Waals surface area contributed by atoms with Crippen LogP contribution in [-0.4, -0.2) is 0 Å². The maximum absolute atomic E-state index is 9.01. The predicted octanol–water partition coefficient (Wildman–Crippen LogP) is 31.5. The van der Waals surface area contributed by atoms with Gasteiger partial charge in [0.15, 0.2) is 24.8 Å². The third kappa shape index (κ3) is 16.3. The minimum atomic E-state index is -2.42. The first kappa shape index (κ1) is 75.9. The van der Waals surface area contributed by atoms with Gasteiger partial charge in [-0.05, 0) is 326 Å². The predicted molar refractivity (Wildman–Crippen MR) is 570 cm³/mol. The normalized spacial score (nSPS) is 16.6. The Morgan fingerprint density at radius 3 is 1.43 bits per heavy atom. The zero-order chi connectivity index (χ0) is 107. The molecule has 4 nitrogen and oxygen atoms in total. The van der Waals surface area contributed by atoms with Gasteiger partial charge in [0, 0.05) is 77.2 Å². The van der Waals surface area contributed by atoms with E-state index < -0.39 is 50.0 Å². The van der Waals surface area contributed by atoms with E-state index in [1.165, 1.54) is 149 Å². The molecule has 0 saturated heterocycles. The van der Waals surface area contributed by atoms with Crippen molar-refractivity contribution in [3.05, 3.63) is 380 Å². The standard InChI is InChI=1S/C36H36N.C34H40N.C31H34N.C29H30N/c1-23-22-37(7)32(21-30(23)25-13-9-8-10-14-25)27-18-19-29-33-28-16-12-11-15-26(28)17-20-31(33)35(3,4)36(5,6)34(29)24(27)2;1-22-14-15-26-27-19-24-12-10-11-13-25(24)20-28(27)33(5,6)34(7,8)31(26)30(22)29-18-23(16-17-35(29)9)21-32(2,3)4;1-20-11-15-27-26(16-14-23-13-12-22-9-7-8-10-25(22)30(23)27)29(20)28-17-24(18-31(3,4)5)21(2)19-32(28)6;1-18(2)26-16-28(30(5)17-20(26)4)29-19(3)10-12-24-25(29)13-11-23-14-21-8-6-7-9-22(21)15-27(23)24/h8-22H,1-7H3;10-20H,21H2,1-9H3;7-13,15,17,19H,14,16,18H2,1-6H3;6-10,12,14-18H,11,13H2,1-5H3/q4*+1/i1D3;21D2;2D3,18D2;4D3,18D. The van der Waals surface area contributed by atoms with Gasteiger partial charge in [0.25, 0.3) is 0 Å². The Morgan fingerprint density at radius 1 is 0.336 bits per heavy atom. The van der Waals surface area contributed by atoms with Crippen LogP contribution in [-0.2, 0) is 88.3 Å². The van der Waals surface area contributed by atoms with Crippen molar-refractivity contribution in [2.45, 2.75) is 225 Å². The number of aryl methyl sites for hydroxylation is 12. The van der Waals surface area contributed by atoms with Gasteiger partial charge in [0.1, 0.15) is 28.2 Å². The van der Waals surface area contributed by atoms with Gasteiger partial charge in [-0.1, -0.05) is 311 Å². The molecule has 0 bridgehead atoms. The van der Waals surface area contributed by atoms with E-state index in [4.69, 9.17) is 19.2 Å². The van der Waals surface area contributed by atoms with E-state index in [0.29, 0.717) is 11.1 Å². The van der Waals surface area contributed by atoms with Crippen molar-refractivity contribution in [2.75, 3.05) is 0 Å². The molecule has 0 fully saturated rings. The molecule has 0 radical (unpaired) electrons. The van der Waals surface area contributed by atoms with Crippen molar-refractivity contribution in [3.8, 4) is 101 Å². The molecule has 4 heterocycles. The fourth-order valence-electron chi connectivity index (χ4n) is 22.4. The van der Waals surface area contributed by atoms with Gasteiger partial charge >= 0.3 is 0 Å². The lowest BCUT2D eigenvalue weighted by Crippen LogP contribution is -2.44. The minimum Gasteiger partial charge on any atom is -0.201 e. The van der Waals surface area contributed by atoms with Crippen LogP contribution in [0.5, 0.6) is 0 Å². The first-order valence-electron chi connectivity index (χ1n) is 54.9. The number of pyridine rings is 4. The first-order valence-corrected chi connectivity index (χ1v) is 47.9. The molecule has 0 atom stereocenters. The van der Waals surface area contributed by atoms with Gasteiger partial charge in [0.2, 0.25) is 22.8 Å². The molecule has 13 aromatic carbocycles. The topological polar surface area (TPSA) is 15.5 Å². The summed E-state index contributed by atoms with van der Waals surface area (Å²) in [4.78, 5) is 0. The molecule has 4 aliphatic rings. The van der Waals surface area contributed by atoms with Crippen LogP contribution in [0.15, 0.2) is 280 Å². The molecule has 0 unspecified atom stereocenters. The van der Waals surface area contributed by atoms with Gasteiger partial charge in [-0.15, -0.1) is 0 Å². The van der Waals surface area contributed by atoms with Crippen molar-refractivity contribution in [1.29, 1.82) is 0 Å². The van der Waals surface area contributed by atoms with Crippen molar-refractivity contribution >= 4 is 43.1 Å². The molecule has 4 aromatic heterocycles. The van der Waals surface area contributed by atoms with Gasteiger partial charge < -0.3 is 0 Å². The zero-order valence-electron chi connectivity index (χ0n) is 97.2. The number of nitrogens with zero attached hydrogens (tertiary/aromatic N) is 4. The minimum absolute atomic E-state index is 0.0671. The lowest BCUT2D eigenvalue weighted by atomic mass is 9.54. The number of aromatic nitrogens is 4. The number of rotatable bonds is 8. The summed E-state index contributed by atoms with van der Waals surface area (Å²) in [5.74, 6) is -1.03. The summed E-state index contributed by atoms with van der Waals surface area (Å²) >= 11 is 0. The van der Waals surface area contributed by atoms with Gasteiger partial charge in [-0.25, -0.2) is 18.3 Å². The zero-order valence-corrected chi connectivity index (χ0v) is 83.2. The highest BCUT2D eigenvalue weighted by atomic mass is 14.9. The summed E-state index contributed by atoms with van der Waals surface area (Å²) in [7, 11) is 7.81. The van der Waals surface area contributed by atoms with E-state index in [9.17, 15) is 0 Å². The number of benzene rings is 13. The van der Waals surface area contributed by atoms with Crippen LogP contribution >= 0.6 is 0 Å². The highest BCUT2D eigenvalue weighted by Crippen LogP contribution is 2.60. The summed E-state index contributed by atoms with van der Waals surface area (Å²) in [5.41, 5.74) is 36.2. The van der Waals surface area contributed by atoms with Crippen LogP contribution in [0.1, 0.15) is 236 Å². The molecule has 4 heteroatoms. The van der Waals surface area contributed by atoms with E-state index in [2.05, 4.69) is 301 Å². The largest absolute Gasteiger partial charge is 0.213 e. The molecule has 21 rings (SSSR count). The summed E-state index contributed by atoms with van der Waals surface area (Å²) in [6, 6.07) is 90.2. The molecule has 0 saturated carbocycles.